The maximum absolute atomic E-state index is 13.3. The fourth-order valence-electron chi connectivity index (χ4n) is 5.16. The van der Waals surface area contributed by atoms with E-state index in [-0.39, 0.29) is 30.3 Å². The Morgan fingerprint density at radius 2 is 1.94 bits per heavy atom. The molecule has 1 aliphatic carbocycles. The molecule has 0 radical (unpaired) electrons. The molecule has 2 heterocycles. The van der Waals surface area contributed by atoms with Gasteiger partial charge in [-0.15, -0.1) is 0 Å². The predicted octanol–water partition coefficient (Wildman–Crippen LogP) is 5.17. The van der Waals surface area contributed by atoms with E-state index in [1.807, 2.05) is 6.07 Å². The zero-order chi connectivity index (χ0) is 23.7. The number of aromatic nitrogens is 1. The lowest BCUT2D eigenvalue weighted by Crippen LogP contribution is -2.45. The van der Waals surface area contributed by atoms with Crippen molar-refractivity contribution in [2.45, 2.75) is 44.6 Å². The van der Waals surface area contributed by atoms with E-state index < -0.39 is 0 Å². The van der Waals surface area contributed by atoms with Crippen LogP contribution in [0.25, 0.3) is 22.2 Å². The van der Waals surface area contributed by atoms with E-state index in [1.165, 1.54) is 12.1 Å². The first-order chi connectivity index (χ1) is 16.5. The van der Waals surface area contributed by atoms with Crippen LogP contribution in [0, 0.1) is 17.7 Å². The molecule has 2 fully saturated rings. The predicted molar refractivity (Wildman–Crippen MR) is 130 cm³/mol. The van der Waals surface area contributed by atoms with E-state index in [4.69, 9.17) is 16.0 Å². The van der Waals surface area contributed by atoms with E-state index >= 15 is 0 Å². The number of aliphatic hydroxyl groups is 1. The molecule has 1 amide bonds. The smallest absolute Gasteiger partial charge is 0.298 e. The Hall–Kier alpha value is -2.64. The van der Waals surface area contributed by atoms with E-state index in [0.29, 0.717) is 41.1 Å². The maximum Gasteiger partial charge on any atom is 0.298 e. The lowest BCUT2D eigenvalue weighted by atomic mass is 9.85. The third-order valence-electron chi connectivity index (χ3n) is 7.14. The highest BCUT2D eigenvalue weighted by atomic mass is 35.5. The summed E-state index contributed by atoms with van der Waals surface area (Å²) in [6.07, 6.45) is 5.44. The maximum atomic E-state index is 13.3. The topological polar surface area (TPSA) is 78.6 Å². The van der Waals surface area contributed by atoms with Gasteiger partial charge in [0.25, 0.3) is 6.01 Å². The molecule has 2 aromatic carbocycles. The Balaban J connectivity index is 1.23. The lowest BCUT2D eigenvalue weighted by molar-refractivity contribution is -0.126. The van der Waals surface area contributed by atoms with Gasteiger partial charge in [-0.25, -0.2) is 4.39 Å². The molecule has 1 saturated carbocycles. The van der Waals surface area contributed by atoms with Crippen LogP contribution in [0.15, 0.2) is 40.8 Å². The van der Waals surface area contributed by atoms with Crippen LogP contribution in [0.5, 0.6) is 0 Å². The fraction of sp³-hybridized carbons (Fsp3) is 0.462. The van der Waals surface area contributed by atoms with Gasteiger partial charge in [0.2, 0.25) is 5.91 Å². The minimum atomic E-state index is -0.298. The minimum Gasteiger partial charge on any atom is -0.423 e. The van der Waals surface area contributed by atoms with E-state index in [0.717, 1.165) is 49.7 Å². The number of oxazole rings is 1. The number of aliphatic hydroxyl groups excluding tert-OH is 1. The Labute approximate surface area is 203 Å². The molecule has 0 unspecified atom stereocenters. The third kappa shape index (κ3) is 4.91. The Morgan fingerprint density at radius 1 is 1.18 bits per heavy atom. The number of amides is 1. The van der Waals surface area contributed by atoms with Crippen molar-refractivity contribution in [3.63, 3.8) is 0 Å². The summed E-state index contributed by atoms with van der Waals surface area (Å²) in [5.74, 6) is 0.108. The molecule has 34 heavy (non-hydrogen) atoms. The van der Waals surface area contributed by atoms with Gasteiger partial charge in [-0.05, 0) is 67.9 Å². The quantitative estimate of drug-likeness (QED) is 0.521. The number of anilines is 1. The highest BCUT2D eigenvalue weighted by Gasteiger charge is 2.30. The number of rotatable bonds is 5. The number of carbonyl (C=O) groups excluding carboxylic acids is 1. The molecule has 2 aliphatic rings. The highest BCUT2D eigenvalue weighted by molar-refractivity contribution is 6.34. The van der Waals surface area contributed by atoms with Crippen molar-refractivity contribution in [3.8, 4) is 11.1 Å². The Kier molecular flexibility index (Phi) is 6.75. The van der Waals surface area contributed by atoms with Gasteiger partial charge in [-0.1, -0.05) is 30.2 Å². The van der Waals surface area contributed by atoms with Gasteiger partial charge in [0.1, 0.15) is 11.3 Å². The third-order valence-corrected chi connectivity index (χ3v) is 7.46. The fourth-order valence-corrected chi connectivity index (χ4v) is 5.43. The van der Waals surface area contributed by atoms with Crippen LogP contribution >= 0.6 is 11.6 Å². The molecule has 8 heteroatoms. The molecular weight excluding hydrogens is 457 g/mol. The van der Waals surface area contributed by atoms with Crippen molar-refractivity contribution in [2.24, 2.45) is 11.8 Å². The second kappa shape index (κ2) is 9.92. The highest BCUT2D eigenvalue weighted by Crippen LogP contribution is 2.35. The molecule has 180 valence electrons. The number of benzene rings is 2. The van der Waals surface area contributed by atoms with Crippen molar-refractivity contribution in [1.29, 1.82) is 0 Å². The van der Waals surface area contributed by atoms with Gasteiger partial charge >= 0.3 is 0 Å². The van der Waals surface area contributed by atoms with Crippen LogP contribution in [0.1, 0.15) is 38.5 Å². The number of nitrogens with one attached hydrogen (secondary N) is 1. The van der Waals surface area contributed by atoms with Crippen LogP contribution in [-0.4, -0.2) is 41.7 Å². The van der Waals surface area contributed by atoms with Gasteiger partial charge in [0, 0.05) is 37.2 Å². The molecule has 0 spiro atoms. The van der Waals surface area contributed by atoms with Crippen molar-refractivity contribution in [1.82, 2.24) is 10.3 Å². The molecular formula is C26H29ClFN3O3. The van der Waals surface area contributed by atoms with Crippen LogP contribution in [0.3, 0.4) is 0 Å². The standard InChI is InChI=1S/C26H29ClFN3O3/c27-22-14-23-24(13-21(22)17-4-6-19(28)7-5-17)34-26(30-23)31-10-8-18(9-11-31)25(33)29-20-3-1-2-16(12-20)15-32/h4-7,13-14,16,18,20,32H,1-3,8-12,15H2,(H,29,33)/t16-,20-/m0/s1. The number of piperidine rings is 1. The normalized spacial score (nSPS) is 21.7. The number of nitrogens with zero attached hydrogens (tertiary/aromatic N) is 2. The van der Waals surface area contributed by atoms with Gasteiger partial charge in [0.15, 0.2) is 5.58 Å². The minimum absolute atomic E-state index is 0.0188. The summed E-state index contributed by atoms with van der Waals surface area (Å²) in [5, 5.41) is 13.2. The monoisotopic (exact) mass is 485 g/mol. The first kappa shape index (κ1) is 23.1. The van der Waals surface area contributed by atoms with Crippen molar-refractivity contribution >= 4 is 34.6 Å². The number of hydrogen-bond donors (Lipinski definition) is 2. The van der Waals surface area contributed by atoms with E-state index in [1.54, 1.807) is 18.2 Å². The molecule has 6 nitrogen and oxygen atoms in total. The summed E-state index contributed by atoms with van der Waals surface area (Å²) >= 11 is 6.48. The van der Waals surface area contributed by atoms with E-state index in [2.05, 4.69) is 15.2 Å². The van der Waals surface area contributed by atoms with Crippen LogP contribution in [-0.2, 0) is 4.79 Å². The molecule has 2 atom stereocenters. The van der Waals surface area contributed by atoms with Gasteiger partial charge in [-0.2, -0.15) is 4.98 Å². The summed E-state index contributed by atoms with van der Waals surface area (Å²) < 4.78 is 19.3. The van der Waals surface area contributed by atoms with E-state index in [9.17, 15) is 14.3 Å². The van der Waals surface area contributed by atoms with Crippen molar-refractivity contribution in [2.75, 3.05) is 24.6 Å². The Morgan fingerprint density at radius 3 is 2.68 bits per heavy atom. The zero-order valence-electron chi connectivity index (χ0n) is 19.0. The average molecular weight is 486 g/mol. The summed E-state index contributed by atoms with van der Waals surface area (Å²) in [6.45, 7) is 1.58. The number of carbonyl (C=O) groups is 1. The molecule has 5 rings (SSSR count). The summed E-state index contributed by atoms with van der Waals surface area (Å²) in [6, 6.07) is 10.5. The summed E-state index contributed by atoms with van der Waals surface area (Å²) in [5.41, 5.74) is 2.86. The van der Waals surface area contributed by atoms with Gasteiger partial charge in [-0.3, -0.25) is 4.79 Å². The van der Waals surface area contributed by atoms with Crippen LogP contribution in [0.4, 0.5) is 10.4 Å². The largest absolute Gasteiger partial charge is 0.423 e. The zero-order valence-corrected chi connectivity index (χ0v) is 19.7. The SMILES string of the molecule is O=C(N[C@H]1CCC[C@H](CO)C1)C1CCN(c2nc3cc(Cl)c(-c4ccc(F)cc4)cc3o2)CC1. The van der Waals surface area contributed by atoms with Crippen molar-refractivity contribution in [3.05, 3.63) is 47.2 Å². The molecule has 3 aromatic rings. The number of halogens is 2. The summed E-state index contributed by atoms with van der Waals surface area (Å²) in [7, 11) is 0. The number of hydrogen-bond acceptors (Lipinski definition) is 5. The van der Waals surface area contributed by atoms with Crippen LogP contribution < -0.4 is 10.2 Å². The molecule has 1 saturated heterocycles. The van der Waals surface area contributed by atoms with Crippen LogP contribution in [0.2, 0.25) is 5.02 Å². The first-order valence-electron chi connectivity index (χ1n) is 12.0. The average Bonchev–Trinajstić information content (AvgIpc) is 3.27. The molecule has 1 aromatic heterocycles. The summed E-state index contributed by atoms with van der Waals surface area (Å²) in [4.78, 5) is 19.5. The first-order valence-corrected chi connectivity index (χ1v) is 12.4. The van der Waals surface area contributed by atoms with Crippen molar-refractivity contribution < 1.29 is 18.7 Å². The Bertz CT molecular complexity index is 1160. The van der Waals surface area contributed by atoms with Gasteiger partial charge in [0.05, 0.1) is 5.02 Å². The van der Waals surface area contributed by atoms with Gasteiger partial charge < -0.3 is 19.7 Å². The second-order valence-corrected chi connectivity index (χ2v) is 9.89. The number of fused-ring (bicyclic) bond motifs is 1. The molecule has 2 N–H and O–H groups in total. The second-order valence-electron chi connectivity index (χ2n) is 9.49. The molecule has 1 aliphatic heterocycles. The molecule has 0 bridgehead atoms. The lowest BCUT2D eigenvalue weighted by Gasteiger charge is -2.33.